The summed E-state index contributed by atoms with van der Waals surface area (Å²) in [6.07, 6.45) is 0.751. The fourth-order valence-electron chi connectivity index (χ4n) is 4.74. The number of hydrogen-bond acceptors (Lipinski definition) is 5. The van der Waals surface area contributed by atoms with Gasteiger partial charge in [0, 0.05) is 46.7 Å². The highest BCUT2D eigenvalue weighted by molar-refractivity contribution is 6.31. The Hall–Kier alpha value is -3.19. The van der Waals surface area contributed by atoms with Crippen molar-refractivity contribution in [1.29, 1.82) is 0 Å². The normalized spacial score (nSPS) is 20.2. The van der Waals surface area contributed by atoms with Gasteiger partial charge < -0.3 is 4.74 Å². The van der Waals surface area contributed by atoms with Crippen LogP contribution in [0.5, 0.6) is 5.75 Å². The molecule has 4 rings (SSSR count). The zero-order chi connectivity index (χ0) is 23.2. The van der Waals surface area contributed by atoms with Gasteiger partial charge in [0.15, 0.2) is 5.78 Å². The molecule has 2 aromatic carbocycles. The molecule has 7 nitrogen and oxygen atoms in total. The number of carbonyl (C=O) groups is 2. The first-order valence-electron chi connectivity index (χ1n) is 10.3. The second-order valence-corrected chi connectivity index (χ2v) is 9.36. The number of halogens is 1. The number of nitrogens with zero attached hydrogens (tertiary/aromatic N) is 2. The maximum absolute atomic E-state index is 13.5. The van der Waals surface area contributed by atoms with Crippen LogP contribution in [0.15, 0.2) is 53.7 Å². The maximum atomic E-state index is 13.5. The van der Waals surface area contributed by atoms with Crippen LogP contribution in [-0.4, -0.2) is 23.7 Å². The van der Waals surface area contributed by atoms with E-state index in [2.05, 4.69) is 0 Å². The summed E-state index contributed by atoms with van der Waals surface area (Å²) in [5.41, 5.74) is 1.23. The summed E-state index contributed by atoms with van der Waals surface area (Å²) >= 11 is 6.15. The minimum absolute atomic E-state index is 0.00492. The summed E-state index contributed by atoms with van der Waals surface area (Å²) in [5.74, 6) is -0.270. The summed E-state index contributed by atoms with van der Waals surface area (Å²) in [7, 11) is 1.55. The van der Waals surface area contributed by atoms with E-state index >= 15 is 0 Å². The Balaban J connectivity index is 1.98. The Kier molecular flexibility index (Phi) is 5.54. The lowest BCUT2D eigenvalue weighted by atomic mass is 9.69. The first-order chi connectivity index (χ1) is 15.1. The minimum Gasteiger partial charge on any atom is -0.496 e. The number of allylic oxidation sites excluding steroid dienone is 2. The van der Waals surface area contributed by atoms with Crippen molar-refractivity contribution in [2.75, 3.05) is 12.0 Å². The van der Waals surface area contributed by atoms with Crippen molar-refractivity contribution in [2.24, 2.45) is 5.41 Å². The first-order valence-corrected chi connectivity index (χ1v) is 10.7. The van der Waals surface area contributed by atoms with Gasteiger partial charge in [0.25, 0.3) is 5.69 Å². The summed E-state index contributed by atoms with van der Waals surface area (Å²) in [6, 6.07) is 11.4. The zero-order valence-corrected chi connectivity index (χ0v) is 18.8. The van der Waals surface area contributed by atoms with Gasteiger partial charge >= 0.3 is 0 Å². The number of anilines is 1. The van der Waals surface area contributed by atoms with Crippen LogP contribution in [0.2, 0.25) is 5.02 Å². The van der Waals surface area contributed by atoms with Crippen LogP contribution in [0.4, 0.5) is 11.4 Å². The number of nitro groups is 1. The molecular weight excluding hydrogens is 432 g/mol. The molecule has 1 heterocycles. The van der Waals surface area contributed by atoms with Crippen molar-refractivity contribution in [3.8, 4) is 5.75 Å². The molecule has 0 aromatic heterocycles. The monoisotopic (exact) mass is 454 g/mol. The third-order valence-corrected chi connectivity index (χ3v) is 6.27. The molecule has 1 aliphatic carbocycles. The molecule has 0 bridgehead atoms. The second kappa shape index (κ2) is 8.06. The average Bonchev–Trinajstić information content (AvgIpc) is 2.71. The first kappa shape index (κ1) is 22.0. The largest absolute Gasteiger partial charge is 0.496 e. The van der Waals surface area contributed by atoms with Crippen LogP contribution >= 0.6 is 11.6 Å². The number of benzene rings is 2. The number of methoxy groups -OCH3 is 1. The van der Waals surface area contributed by atoms with Crippen molar-refractivity contribution in [3.05, 3.63) is 74.4 Å². The number of Topliss-reactive ketones (excluding diaryl/α,β-unsaturated/α-hetero) is 1. The van der Waals surface area contributed by atoms with Gasteiger partial charge in [0.2, 0.25) is 5.91 Å². The van der Waals surface area contributed by atoms with E-state index < -0.39 is 16.3 Å². The molecule has 0 saturated heterocycles. The van der Waals surface area contributed by atoms with Crippen LogP contribution in [-0.2, 0) is 9.59 Å². The molecule has 0 saturated carbocycles. The van der Waals surface area contributed by atoms with Crippen molar-refractivity contribution in [1.82, 2.24) is 0 Å². The number of para-hydroxylation sites is 1. The van der Waals surface area contributed by atoms with Gasteiger partial charge in [-0.15, -0.1) is 0 Å². The molecule has 8 heteroatoms. The number of rotatable bonds is 4. The van der Waals surface area contributed by atoms with Crippen LogP contribution in [0, 0.1) is 15.5 Å². The minimum atomic E-state index is -0.540. The lowest BCUT2D eigenvalue weighted by Crippen LogP contribution is -2.44. The van der Waals surface area contributed by atoms with E-state index in [1.807, 2.05) is 32.0 Å². The standard InChI is InChI=1S/C24H23ClN2O5/c1-24(2)12-19-23(20(28)13-24)16(15-6-4-5-7-21(15)32-3)11-22(29)26(19)18-10-14(25)8-9-17(18)27(30)31/h4-10,16H,11-13H2,1-3H3. The molecule has 0 spiro atoms. The number of ether oxygens (including phenoxy) is 1. The summed E-state index contributed by atoms with van der Waals surface area (Å²) < 4.78 is 5.50. The van der Waals surface area contributed by atoms with Crippen molar-refractivity contribution >= 4 is 34.7 Å². The summed E-state index contributed by atoms with van der Waals surface area (Å²) in [6.45, 7) is 3.91. The van der Waals surface area contributed by atoms with Gasteiger partial charge in [0.1, 0.15) is 11.4 Å². The quantitative estimate of drug-likeness (QED) is 0.454. The topological polar surface area (TPSA) is 89.8 Å². The lowest BCUT2D eigenvalue weighted by molar-refractivity contribution is -0.384. The lowest BCUT2D eigenvalue weighted by Gasteiger charge is -2.42. The molecule has 1 unspecified atom stereocenters. The number of amides is 1. The number of nitro benzene ring substituents is 1. The van der Waals surface area contributed by atoms with E-state index in [9.17, 15) is 19.7 Å². The van der Waals surface area contributed by atoms with Crippen LogP contribution in [0.25, 0.3) is 0 Å². The average molecular weight is 455 g/mol. The summed E-state index contributed by atoms with van der Waals surface area (Å²) in [5, 5.41) is 12.0. The zero-order valence-electron chi connectivity index (χ0n) is 18.1. The molecule has 32 heavy (non-hydrogen) atoms. The van der Waals surface area contributed by atoms with Gasteiger partial charge in [-0.1, -0.05) is 43.6 Å². The van der Waals surface area contributed by atoms with Gasteiger partial charge in [-0.05, 0) is 30.0 Å². The van der Waals surface area contributed by atoms with E-state index in [0.717, 1.165) is 5.56 Å². The highest BCUT2D eigenvalue weighted by Crippen LogP contribution is 2.50. The molecule has 2 aromatic rings. The number of hydrogen-bond donors (Lipinski definition) is 0. The molecule has 1 amide bonds. The second-order valence-electron chi connectivity index (χ2n) is 8.92. The van der Waals surface area contributed by atoms with Crippen LogP contribution in [0.3, 0.4) is 0 Å². The van der Waals surface area contributed by atoms with Crippen LogP contribution < -0.4 is 9.64 Å². The Labute approximate surface area is 190 Å². The van der Waals surface area contributed by atoms with Gasteiger partial charge in [0.05, 0.1) is 12.0 Å². The molecule has 2 aliphatic rings. The molecule has 1 aliphatic heterocycles. The van der Waals surface area contributed by atoms with Gasteiger partial charge in [-0.3, -0.25) is 24.6 Å². The summed E-state index contributed by atoms with van der Waals surface area (Å²) in [4.78, 5) is 39.4. The molecule has 0 fully saturated rings. The maximum Gasteiger partial charge on any atom is 0.293 e. The predicted octanol–water partition coefficient (Wildman–Crippen LogP) is 5.42. The van der Waals surface area contributed by atoms with E-state index in [-0.39, 0.29) is 34.5 Å². The van der Waals surface area contributed by atoms with E-state index in [1.165, 1.54) is 23.1 Å². The van der Waals surface area contributed by atoms with E-state index in [4.69, 9.17) is 16.3 Å². The molecule has 0 N–H and O–H groups in total. The third kappa shape index (κ3) is 3.77. The third-order valence-electron chi connectivity index (χ3n) is 6.03. The highest BCUT2D eigenvalue weighted by Gasteiger charge is 2.46. The Bertz CT molecular complexity index is 1170. The highest BCUT2D eigenvalue weighted by atomic mass is 35.5. The fourth-order valence-corrected chi connectivity index (χ4v) is 4.91. The van der Waals surface area contributed by atoms with Gasteiger partial charge in [-0.25, -0.2) is 0 Å². The molecule has 1 atom stereocenters. The number of ketones is 1. The Morgan fingerprint density at radius 3 is 2.56 bits per heavy atom. The van der Waals surface area contributed by atoms with Gasteiger partial charge in [-0.2, -0.15) is 0 Å². The fraction of sp³-hybridized carbons (Fsp3) is 0.333. The Morgan fingerprint density at radius 2 is 1.88 bits per heavy atom. The SMILES string of the molecule is COc1ccccc1C1CC(=O)N(c2cc(Cl)ccc2[N+](=O)[O-])C2=C1C(=O)CC(C)(C)C2. The Morgan fingerprint density at radius 1 is 1.16 bits per heavy atom. The predicted molar refractivity (Wildman–Crippen MR) is 121 cm³/mol. The van der Waals surface area contributed by atoms with Crippen molar-refractivity contribution in [3.63, 3.8) is 0 Å². The van der Waals surface area contributed by atoms with Crippen LogP contribution in [0.1, 0.15) is 44.6 Å². The smallest absolute Gasteiger partial charge is 0.293 e. The van der Waals surface area contributed by atoms with E-state index in [1.54, 1.807) is 13.2 Å². The van der Waals surface area contributed by atoms with E-state index in [0.29, 0.717) is 29.9 Å². The molecular formula is C24H23ClN2O5. The molecule has 166 valence electrons. The number of carbonyl (C=O) groups excluding carboxylic acids is 2. The van der Waals surface area contributed by atoms with Crippen molar-refractivity contribution < 1.29 is 19.2 Å². The molecule has 0 radical (unpaired) electrons. The van der Waals surface area contributed by atoms with Crippen molar-refractivity contribution in [2.45, 2.75) is 39.0 Å².